The summed E-state index contributed by atoms with van der Waals surface area (Å²) in [6.07, 6.45) is 0. The fourth-order valence-corrected chi connectivity index (χ4v) is 3.87. The van der Waals surface area contributed by atoms with Crippen molar-refractivity contribution in [1.29, 1.82) is 0 Å². The summed E-state index contributed by atoms with van der Waals surface area (Å²) in [5.74, 6) is 2.17. The third-order valence-electron chi connectivity index (χ3n) is 2.36. The molecule has 2 aromatic rings. The molecule has 1 aromatic heterocycles. The van der Waals surface area contributed by atoms with Gasteiger partial charge in [0.15, 0.2) is 0 Å². The molecule has 1 heterocycles. The van der Waals surface area contributed by atoms with E-state index in [-0.39, 0.29) is 13.1 Å². The zero-order valence-electron chi connectivity index (χ0n) is 9.68. The van der Waals surface area contributed by atoms with Crippen LogP contribution >= 0.6 is 0 Å². The number of benzene rings is 1. The molecular weight excluding hydrogens is 350 g/mol. The Hall–Kier alpha value is -0.801. The Bertz CT molecular complexity index is 561. The van der Waals surface area contributed by atoms with Crippen LogP contribution in [0.15, 0.2) is 12.1 Å². The summed E-state index contributed by atoms with van der Waals surface area (Å²) in [6, 6.07) is 3.82. The van der Waals surface area contributed by atoms with Crippen LogP contribution in [0.25, 0.3) is 10.9 Å². The minimum absolute atomic E-state index is 0.200. The van der Waals surface area contributed by atoms with Gasteiger partial charge in [0.05, 0.1) is 0 Å². The van der Waals surface area contributed by atoms with Crippen LogP contribution in [-0.4, -0.2) is 51.5 Å². The number of nitrogens with zero attached hydrogens (tertiary/aromatic N) is 2. The van der Waals surface area contributed by atoms with Crippen LogP contribution in [0.2, 0.25) is 0 Å². The summed E-state index contributed by atoms with van der Waals surface area (Å²) in [7, 11) is 3.25. The fourth-order valence-electron chi connectivity index (χ4n) is 1.60. The third kappa shape index (κ3) is 2.40. The number of ether oxygens (including phenoxy) is 2. The molecule has 2 rings (SSSR count). The molecule has 0 saturated carbocycles. The molecule has 4 nitrogen and oxygen atoms in total. The molecule has 0 saturated heterocycles. The Morgan fingerprint density at radius 3 is 2.35 bits per heavy atom. The SMILES string of the molecule is COc1cc2nc(C)nc([Se][Se])c2cc1OC. The number of rotatable bonds is 3. The van der Waals surface area contributed by atoms with Gasteiger partial charge >= 0.3 is 113 Å². The van der Waals surface area contributed by atoms with Gasteiger partial charge in [0, 0.05) is 0 Å². The molecule has 1 aromatic carbocycles. The van der Waals surface area contributed by atoms with Gasteiger partial charge in [-0.15, -0.1) is 0 Å². The summed E-state index contributed by atoms with van der Waals surface area (Å²) >= 11 is 3.24. The van der Waals surface area contributed by atoms with Crippen molar-refractivity contribution in [3.8, 4) is 11.5 Å². The molecule has 0 N–H and O–H groups in total. The van der Waals surface area contributed by atoms with Gasteiger partial charge in [-0.1, -0.05) is 0 Å². The molecule has 0 atom stereocenters. The van der Waals surface area contributed by atoms with Crippen LogP contribution in [0.4, 0.5) is 0 Å². The van der Waals surface area contributed by atoms with E-state index in [1.54, 1.807) is 14.2 Å². The minimum atomic E-state index is 0.200. The zero-order valence-corrected chi connectivity index (χ0v) is 13.1. The molecule has 0 fully saturated rings. The second kappa shape index (κ2) is 5.23. The summed E-state index contributed by atoms with van der Waals surface area (Å²) < 4.78 is 11.6. The number of aryl methyl sites for hydroxylation is 1. The summed E-state index contributed by atoms with van der Waals surface area (Å²) in [4.78, 5) is 8.86. The monoisotopic (exact) mass is 363 g/mol. The molecule has 0 unspecified atom stereocenters. The fraction of sp³-hybridized carbons (Fsp3) is 0.273. The van der Waals surface area contributed by atoms with E-state index in [1.807, 2.05) is 19.1 Å². The van der Waals surface area contributed by atoms with Crippen molar-refractivity contribution in [2.45, 2.75) is 6.92 Å². The van der Waals surface area contributed by atoms with E-state index < -0.39 is 0 Å². The zero-order chi connectivity index (χ0) is 12.4. The first-order chi connectivity index (χ1) is 8.19. The van der Waals surface area contributed by atoms with Crippen molar-refractivity contribution in [1.82, 2.24) is 9.97 Å². The van der Waals surface area contributed by atoms with E-state index in [4.69, 9.17) is 9.47 Å². The maximum absolute atomic E-state index is 5.29. The molecule has 89 valence electrons. The predicted molar refractivity (Wildman–Crippen MR) is 68.5 cm³/mol. The molecule has 17 heavy (non-hydrogen) atoms. The first kappa shape index (κ1) is 12.7. The molecular formula is C11H11N2O2Se2. The Labute approximate surface area is 113 Å². The number of methoxy groups -OCH3 is 2. The van der Waals surface area contributed by atoms with E-state index in [0.717, 1.165) is 21.3 Å². The normalized spacial score (nSPS) is 10.6. The quantitative estimate of drug-likeness (QED) is 0.742. The Morgan fingerprint density at radius 1 is 1.12 bits per heavy atom. The van der Waals surface area contributed by atoms with E-state index in [1.165, 1.54) is 0 Å². The Morgan fingerprint density at radius 2 is 1.76 bits per heavy atom. The second-order valence-corrected chi connectivity index (χ2v) is 6.36. The van der Waals surface area contributed by atoms with Crippen LogP contribution in [0.1, 0.15) is 5.82 Å². The van der Waals surface area contributed by atoms with Crippen molar-refractivity contribution in [2.24, 2.45) is 0 Å². The molecule has 0 amide bonds. The first-order valence-corrected chi connectivity index (χ1v) is 10.1. The molecule has 0 aliphatic heterocycles. The topological polar surface area (TPSA) is 44.2 Å². The van der Waals surface area contributed by atoms with Gasteiger partial charge in [0.2, 0.25) is 0 Å². The van der Waals surface area contributed by atoms with Gasteiger partial charge in [-0.25, -0.2) is 0 Å². The van der Waals surface area contributed by atoms with Crippen molar-refractivity contribution < 1.29 is 9.47 Å². The Balaban J connectivity index is 2.77. The number of hydrogen-bond acceptors (Lipinski definition) is 4. The molecule has 0 bridgehead atoms. The maximum atomic E-state index is 5.29. The van der Waals surface area contributed by atoms with Crippen molar-refractivity contribution in [2.75, 3.05) is 14.2 Å². The molecule has 6 heteroatoms. The van der Waals surface area contributed by atoms with Crippen LogP contribution in [0.5, 0.6) is 11.5 Å². The average Bonchev–Trinajstić information content (AvgIpc) is 2.35. The number of hydrogen-bond donors (Lipinski definition) is 0. The van der Waals surface area contributed by atoms with Crippen LogP contribution in [-0.2, 0) is 0 Å². The average molecular weight is 361 g/mol. The third-order valence-corrected chi connectivity index (χ3v) is 5.06. The van der Waals surface area contributed by atoms with Crippen molar-refractivity contribution >= 4 is 42.8 Å². The van der Waals surface area contributed by atoms with E-state index in [0.29, 0.717) is 11.5 Å². The number of aromatic nitrogens is 2. The van der Waals surface area contributed by atoms with Gasteiger partial charge in [0.25, 0.3) is 0 Å². The molecule has 0 aliphatic rings. The van der Waals surface area contributed by atoms with Gasteiger partial charge < -0.3 is 0 Å². The summed E-state index contributed by atoms with van der Waals surface area (Å²) in [5.41, 5.74) is 0.891. The number of fused-ring (bicyclic) bond motifs is 1. The first-order valence-electron chi connectivity index (χ1n) is 4.89. The second-order valence-electron chi connectivity index (χ2n) is 3.38. The molecule has 0 aliphatic carbocycles. The van der Waals surface area contributed by atoms with Gasteiger partial charge in [0.1, 0.15) is 0 Å². The molecule has 0 spiro atoms. The summed E-state index contributed by atoms with van der Waals surface area (Å²) in [6.45, 7) is 1.89. The van der Waals surface area contributed by atoms with E-state index >= 15 is 0 Å². The predicted octanol–water partition coefficient (Wildman–Crippen LogP) is 0.368. The van der Waals surface area contributed by atoms with E-state index in [2.05, 4.69) is 24.2 Å². The van der Waals surface area contributed by atoms with Crippen molar-refractivity contribution in [3.63, 3.8) is 0 Å². The van der Waals surface area contributed by atoms with E-state index in [9.17, 15) is 0 Å². The van der Waals surface area contributed by atoms with Gasteiger partial charge in [-0.3, -0.25) is 0 Å². The van der Waals surface area contributed by atoms with Crippen molar-refractivity contribution in [3.05, 3.63) is 18.0 Å². The van der Waals surface area contributed by atoms with Gasteiger partial charge in [-0.2, -0.15) is 0 Å². The van der Waals surface area contributed by atoms with Gasteiger partial charge in [-0.05, 0) is 0 Å². The Kier molecular flexibility index (Phi) is 3.89. The van der Waals surface area contributed by atoms with Crippen LogP contribution in [0.3, 0.4) is 0 Å². The van der Waals surface area contributed by atoms with Crippen LogP contribution in [0, 0.1) is 6.92 Å². The summed E-state index contributed by atoms with van der Waals surface area (Å²) in [5, 5.41) is 1.02. The van der Waals surface area contributed by atoms with Crippen LogP contribution < -0.4 is 14.1 Å². The molecule has 1 radical (unpaired) electrons. The standard InChI is InChI=1S/C11H11N2O2Se2/c1-6-12-8-5-10(15-3)9(14-2)4-7(8)11(13-6)17-16/h4-5H,1-3H3.